The summed E-state index contributed by atoms with van der Waals surface area (Å²) in [5.41, 5.74) is 3.13. The van der Waals surface area contributed by atoms with Crippen LogP contribution in [0.4, 0.5) is 0 Å². The molecule has 3 aromatic rings. The fourth-order valence-electron chi connectivity index (χ4n) is 4.95. The molecule has 0 unspecified atom stereocenters. The number of nitrogens with zero attached hydrogens (tertiary/aromatic N) is 5. The van der Waals surface area contributed by atoms with Gasteiger partial charge >= 0.3 is 0 Å². The van der Waals surface area contributed by atoms with Crippen molar-refractivity contribution in [1.29, 1.82) is 0 Å². The molecule has 5 rings (SSSR count). The number of Topliss-reactive ketones (excluding diaryl/α,β-unsaturated/α-hetero) is 1. The van der Waals surface area contributed by atoms with Crippen LogP contribution >= 0.6 is 0 Å². The number of ketones is 1. The molecule has 8 heteroatoms. The molecule has 2 aliphatic rings. The third-order valence-corrected chi connectivity index (χ3v) is 6.36. The molecule has 2 atom stereocenters. The Morgan fingerprint density at radius 1 is 1.09 bits per heavy atom. The first-order valence-corrected chi connectivity index (χ1v) is 11.0. The second-order valence-corrected chi connectivity index (χ2v) is 8.91. The van der Waals surface area contributed by atoms with E-state index in [9.17, 15) is 9.59 Å². The number of hydrogen-bond acceptors (Lipinski definition) is 6. The molecule has 2 aliphatic heterocycles. The lowest BCUT2D eigenvalue weighted by Gasteiger charge is -2.41. The average Bonchev–Trinajstić information content (AvgIpc) is 3.23. The fraction of sp³-hybridized carbons (Fsp3) is 0.417. The molecule has 0 spiro atoms. The summed E-state index contributed by atoms with van der Waals surface area (Å²) in [6.07, 6.45) is 2.88. The topological polar surface area (TPSA) is 82.2 Å². The van der Waals surface area contributed by atoms with Crippen LogP contribution in [0.5, 0.6) is 0 Å². The Morgan fingerprint density at radius 2 is 1.94 bits per heavy atom. The van der Waals surface area contributed by atoms with E-state index in [4.69, 9.17) is 4.74 Å². The Kier molecular flexibility index (Phi) is 5.71. The standard InChI is InChI=1S/C24H27N5O3/c1-27-10-17-9-20(12-27)22-8-7-19(24(31)29(22)11-17)15-32-16-21-13-28(26-25-21)14-23(30)18-5-3-2-4-6-18/h2-8,13,17,20H,9-12,14-16H2,1H3/t17-,20+/m0/s1. The number of carbonyl (C=O) groups excluding carboxylic acids is 1. The quantitative estimate of drug-likeness (QED) is 0.531. The molecule has 0 amide bonds. The van der Waals surface area contributed by atoms with Gasteiger partial charge in [0.1, 0.15) is 12.2 Å². The van der Waals surface area contributed by atoms with Crippen LogP contribution in [-0.4, -0.2) is 50.4 Å². The molecule has 0 N–H and O–H groups in total. The van der Waals surface area contributed by atoms with Gasteiger partial charge in [-0.2, -0.15) is 0 Å². The molecule has 1 saturated heterocycles. The predicted octanol–water partition coefficient (Wildman–Crippen LogP) is 2.09. The normalized spacial score (nSPS) is 20.2. The second kappa shape index (κ2) is 8.80. The van der Waals surface area contributed by atoms with Crippen molar-refractivity contribution >= 4 is 5.78 Å². The SMILES string of the molecule is CN1C[C@@H]2C[C@H](C1)c1ccc(COCc3cn(CC(=O)c4ccccc4)nn3)c(=O)n1C2. The Labute approximate surface area is 186 Å². The number of ether oxygens (including phenoxy) is 1. The first-order chi connectivity index (χ1) is 15.6. The van der Waals surface area contributed by atoms with Gasteiger partial charge in [0.15, 0.2) is 5.78 Å². The third-order valence-electron chi connectivity index (χ3n) is 6.36. The van der Waals surface area contributed by atoms with Crippen molar-refractivity contribution < 1.29 is 9.53 Å². The van der Waals surface area contributed by atoms with Crippen LogP contribution in [0.15, 0.2) is 53.5 Å². The summed E-state index contributed by atoms with van der Waals surface area (Å²) in [4.78, 5) is 27.7. The number of rotatable bonds is 7. The largest absolute Gasteiger partial charge is 0.370 e. The number of likely N-dealkylation sites (tertiary alicyclic amines) is 1. The summed E-state index contributed by atoms with van der Waals surface area (Å²) in [6, 6.07) is 13.1. The number of benzene rings is 1. The van der Waals surface area contributed by atoms with Gasteiger partial charge in [-0.25, -0.2) is 4.68 Å². The van der Waals surface area contributed by atoms with Crippen molar-refractivity contribution in [3.8, 4) is 0 Å². The van der Waals surface area contributed by atoms with Crippen molar-refractivity contribution in [2.75, 3.05) is 20.1 Å². The summed E-state index contributed by atoms with van der Waals surface area (Å²) in [6.45, 7) is 3.42. The van der Waals surface area contributed by atoms with E-state index in [0.29, 0.717) is 28.7 Å². The first-order valence-electron chi connectivity index (χ1n) is 11.0. The third kappa shape index (κ3) is 4.28. The summed E-state index contributed by atoms with van der Waals surface area (Å²) in [5.74, 6) is 0.943. The first kappa shape index (κ1) is 20.8. The van der Waals surface area contributed by atoms with E-state index in [-0.39, 0.29) is 31.1 Å². The molecule has 4 heterocycles. The Balaban J connectivity index is 1.19. The molecule has 8 nitrogen and oxygen atoms in total. The second-order valence-electron chi connectivity index (χ2n) is 8.91. The molecule has 0 saturated carbocycles. The lowest BCUT2D eigenvalue weighted by molar-refractivity contribution is 0.0966. The van der Waals surface area contributed by atoms with E-state index in [1.54, 1.807) is 18.3 Å². The van der Waals surface area contributed by atoms with Gasteiger partial charge in [-0.15, -0.1) is 5.10 Å². The summed E-state index contributed by atoms with van der Waals surface area (Å²) in [5, 5.41) is 8.10. The van der Waals surface area contributed by atoms with E-state index in [1.807, 2.05) is 28.8 Å². The van der Waals surface area contributed by atoms with Crippen molar-refractivity contribution in [3.05, 3.63) is 81.5 Å². The van der Waals surface area contributed by atoms with Gasteiger partial charge in [0.2, 0.25) is 0 Å². The highest BCUT2D eigenvalue weighted by atomic mass is 16.5. The Hall–Kier alpha value is -3.10. The number of likely N-dealkylation sites (N-methyl/N-ethyl adjacent to an activating group) is 1. The highest BCUT2D eigenvalue weighted by Crippen LogP contribution is 2.34. The lowest BCUT2D eigenvalue weighted by atomic mass is 9.83. The van der Waals surface area contributed by atoms with Crippen LogP contribution in [0.2, 0.25) is 0 Å². The van der Waals surface area contributed by atoms with E-state index >= 15 is 0 Å². The summed E-state index contributed by atoms with van der Waals surface area (Å²) < 4.78 is 9.24. The van der Waals surface area contributed by atoms with E-state index in [1.165, 1.54) is 11.1 Å². The van der Waals surface area contributed by atoms with E-state index in [2.05, 4.69) is 28.3 Å². The smallest absolute Gasteiger partial charge is 0.256 e. The minimum atomic E-state index is -0.0268. The van der Waals surface area contributed by atoms with Crippen LogP contribution < -0.4 is 5.56 Å². The molecule has 32 heavy (non-hydrogen) atoms. The minimum absolute atomic E-state index is 0.0268. The molecule has 2 bridgehead atoms. The van der Waals surface area contributed by atoms with Gasteiger partial charge in [0, 0.05) is 42.4 Å². The van der Waals surface area contributed by atoms with Gasteiger partial charge in [-0.05, 0) is 31.5 Å². The van der Waals surface area contributed by atoms with Crippen molar-refractivity contribution in [3.63, 3.8) is 0 Å². The van der Waals surface area contributed by atoms with Gasteiger partial charge in [0.25, 0.3) is 5.56 Å². The zero-order valence-electron chi connectivity index (χ0n) is 18.2. The molecule has 2 aromatic heterocycles. The monoisotopic (exact) mass is 433 g/mol. The van der Waals surface area contributed by atoms with E-state index in [0.717, 1.165) is 25.3 Å². The van der Waals surface area contributed by atoms with Crippen molar-refractivity contribution in [2.24, 2.45) is 5.92 Å². The molecule has 1 fully saturated rings. The number of carbonyl (C=O) groups is 1. The summed E-state index contributed by atoms with van der Waals surface area (Å²) in [7, 11) is 2.16. The predicted molar refractivity (Wildman–Crippen MR) is 118 cm³/mol. The highest BCUT2D eigenvalue weighted by Gasteiger charge is 2.33. The van der Waals surface area contributed by atoms with Gasteiger partial charge in [0.05, 0.1) is 19.4 Å². The maximum Gasteiger partial charge on any atom is 0.256 e. The van der Waals surface area contributed by atoms with E-state index < -0.39 is 0 Å². The fourth-order valence-corrected chi connectivity index (χ4v) is 4.95. The minimum Gasteiger partial charge on any atom is -0.370 e. The molecular formula is C24H27N5O3. The number of piperidine rings is 1. The highest BCUT2D eigenvalue weighted by molar-refractivity contribution is 5.95. The zero-order valence-corrected chi connectivity index (χ0v) is 18.2. The van der Waals surface area contributed by atoms with Crippen LogP contribution in [0.25, 0.3) is 0 Å². The summed E-state index contributed by atoms with van der Waals surface area (Å²) >= 11 is 0. The Bertz CT molecular complexity index is 1170. The number of hydrogen-bond donors (Lipinski definition) is 0. The molecule has 1 aromatic carbocycles. The van der Waals surface area contributed by atoms with Gasteiger partial charge < -0.3 is 14.2 Å². The van der Waals surface area contributed by atoms with Crippen molar-refractivity contribution in [2.45, 2.75) is 38.6 Å². The lowest BCUT2D eigenvalue weighted by Crippen LogP contribution is -2.46. The molecule has 0 aliphatic carbocycles. The van der Waals surface area contributed by atoms with Crippen LogP contribution in [0, 0.1) is 5.92 Å². The molecular weight excluding hydrogens is 406 g/mol. The van der Waals surface area contributed by atoms with Gasteiger partial charge in [-0.1, -0.05) is 35.5 Å². The van der Waals surface area contributed by atoms with Gasteiger partial charge in [-0.3, -0.25) is 9.59 Å². The van der Waals surface area contributed by atoms with Crippen molar-refractivity contribution in [1.82, 2.24) is 24.5 Å². The zero-order chi connectivity index (χ0) is 22.1. The number of aromatic nitrogens is 4. The van der Waals surface area contributed by atoms with Crippen LogP contribution in [0.1, 0.15) is 39.6 Å². The number of pyridine rings is 1. The molecule has 166 valence electrons. The molecule has 0 radical (unpaired) electrons. The van der Waals surface area contributed by atoms with Crippen LogP contribution in [0.3, 0.4) is 0 Å². The Morgan fingerprint density at radius 3 is 2.78 bits per heavy atom. The average molecular weight is 434 g/mol. The maximum atomic E-state index is 13.0. The number of fused-ring (bicyclic) bond motifs is 4. The maximum absolute atomic E-state index is 13.0. The van der Waals surface area contributed by atoms with Crippen LogP contribution in [-0.2, 0) is 31.0 Å².